The van der Waals surface area contributed by atoms with Crippen molar-refractivity contribution in [2.45, 2.75) is 25.0 Å². The lowest BCUT2D eigenvalue weighted by Crippen LogP contribution is -2.26. The normalized spacial score (nSPS) is 18.4. The Morgan fingerprint density at radius 1 is 1.12 bits per heavy atom. The monoisotopic (exact) mass is 457 g/mol. The van der Waals surface area contributed by atoms with Crippen molar-refractivity contribution in [1.29, 1.82) is 0 Å². The average molecular weight is 458 g/mol. The first-order valence-corrected chi connectivity index (χ1v) is 11.0. The second-order valence-electron chi connectivity index (χ2n) is 7.70. The number of rotatable bonds is 8. The first-order valence-electron chi connectivity index (χ1n) is 10.6. The first kappa shape index (κ1) is 21.1. The molecule has 8 nitrogen and oxygen atoms in total. The molecule has 0 saturated carbocycles. The summed E-state index contributed by atoms with van der Waals surface area (Å²) < 4.78 is 28.4. The molecule has 0 unspecified atom stereocenters. The summed E-state index contributed by atoms with van der Waals surface area (Å²) >= 11 is 6.41. The van der Waals surface area contributed by atoms with Gasteiger partial charge in [0.25, 0.3) is 0 Å². The average Bonchev–Trinajstić information content (AvgIpc) is 3.64. The van der Waals surface area contributed by atoms with Gasteiger partial charge in [0.1, 0.15) is 48.2 Å². The quantitative estimate of drug-likeness (QED) is 0.499. The Hall–Kier alpha value is -2.81. The summed E-state index contributed by atoms with van der Waals surface area (Å²) in [4.78, 5) is 8.95. The highest BCUT2D eigenvalue weighted by molar-refractivity contribution is 6.33. The van der Waals surface area contributed by atoms with Crippen molar-refractivity contribution in [3.8, 4) is 17.2 Å². The van der Waals surface area contributed by atoms with Crippen LogP contribution in [0.5, 0.6) is 17.2 Å². The maximum absolute atomic E-state index is 6.42. The van der Waals surface area contributed by atoms with E-state index in [1.54, 1.807) is 19.2 Å². The van der Waals surface area contributed by atoms with Crippen LogP contribution in [0.2, 0.25) is 5.02 Å². The van der Waals surface area contributed by atoms with Gasteiger partial charge in [-0.25, -0.2) is 9.97 Å². The Bertz CT molecular complexity index is 1100. The number of benzene rings is 2. The fourth-order valence-corrected chi connectivity index (χ4v) is 3.75. The molecule has 32 heavy (non-hydrogen) atoms. The largest absolute Gasteiger partial charge is 0.497 e. The van der Waals surface area contributed by atoms with E-state index in [2.05, 4.69) is 15.3 Å². The summed E-state index contributed by atoms with van der Waals surface area (Å²) in [6, 6.07) is 9.18. The molecule has 1 N–H and O–H groups in total. The molecule has 2 aliphatic rings. The molecule has 0 bridgehead atoms. The van der Waals surface area contributed by atoms with Crippen LogP contribution in [-0.2, 0) is 9.47 Å². The molecule has 2 saturated heterocycles. The van der Waals surface area contributed by atoms with Crippen LogP contribution in [0.15, 0.2) is 36.7 Å². The molecule has 0 spiro atoms. The number of hydrogen-bond acceptors (Lipinski definition) is 8. The van der Waals surface area contributed by atoms with Gasteiger partial charge in [-0.05, 0) is 12.1 Å². The van der Waals surface area contributed by atoms with Gasteiger partial charge >= 0.3 is 0 Å². The molecular weight excluding hydrogens is 434 g/mol. The van der Waals surface area contributed by atoms with Crippen LogP contribution in [0.1, 0.15) is 12.8 Å². The highest BCUT2D eigenvalue weighted by atomic mass is 35.5. The summed E-state index contributed by atoms with van der Waals surface area (Å²) in [7, 11) is 1.61. The van der Waals surface area contributed by atoms with E-state index < -0.39 is 0 Å². The summed E-state index contributed by atoms with van der Waals surface area (Å²) in [6.45, 7) is 2.59. The predicted octanol–water partition coefficient (Wildman–Crippen LogP) is 4.37. The minimum absolute atomic E-state index is 0.0439. The van der Waals surface area contributed by atoms with E-state index in [1.165, 1.54) is 6.33 Å². The lowest BCUT2D eigenvalue weighted by Gasteiger charge is -2.24. The molecule has 2 aliphatic heterocycles. The third-order valence-corrected chi connectivity index (χ3v) is 5.73. The number of aromatic nitrogens is 2. The highest BCUT2D eigenvalue weighted by Gasteiger charge is 2.24. The summed E-state index contributed by atoms with van der Waals surface area (Å²) in [5.74, 6) is 2.61. The second-order valence-corrected chi connectivity index (χ2v) is 8.11. The standard InChI is InChI=1S/C23H24ClN3O5/c1-28-15-2-3-18(24)19(8-15)27-23-22-20(25-13-26-23)9-16(30-11-17-12-31-17)10-21(22)32-14-4-6-29-7-5-14/h2-3,8-10,13-14,17H,4-7,11-12H2,1H3,(H,25,26,27)/t17-/m1/s1. The SMILES string of the molecule is COc1ccc(Cl)c(Nc2ncnc3cc(OC[C@@H]4CO4)cc(OC4CCOCC4)c23)c1. The Kier molecular flexibility index (Phi) is 6.16. The maximum atomic E-state index is 6.42. The van der Waals surface area contributed by atoms with Crippen molar-refractivity contribution < 1.29 is 23.7 Å². The Labute approximate surface area is 190 Å². The van der Waals surface area contributed by atoms with Gasteiger partial charge in [-0.2, -0.15) is 0 Å². The smallest absolute Gasteiger partial charge is 0.145 e. The summed E-state index contributed by atoms with van der Waals surface area (Å²) in [6.07, 6.45) is 3.34. The van der Waals surface area contributed by atoms with E-state index in [1.807, 2.05) is 18.2 Å². The lowest BCUT2D eigenvalue weighted by molar-refractivity contribution is 0.0261. The van der Waals surface area contributed by atoms with E-state index in [-0.39, 0.29) is 12.2 Å². The molecule has 168 valence electrons. The van der Waals surface area contributed by atoms with Gasteiger partial charge in [-0.3, -0.25) is 0 Å². The van der Waals surface area contributed by atoms with Crippen molar-refractivity contribution in [3.63, 3.8) is 0 Å². The van der Waals surface area contributed by atoms with Crippen molar-refractivity contribution in [1.82, 2.24) is 9.97 Å². The van der Waals surface area contributed by atoms with Gasteiger partial charge < -0.3 is 29.0 Å². The number of fused-ring (bicyclic) bond motifs is 1. The zero-order valence-electron chi connectivity index (χ0n) is 17.7. The van der Waals surface area contributed by atoms with Gasteiger partial charge in [0.05, 0.1) is 48.5 Å². The minimum Gasteiger partial charge on any atom is -0.497 e. The number of anilines is 2. The van der Waals surface area contributed by atoms with Crippen LogP contribution < -0.4 is 19.5 Å². The van der Waals surface area contributed by atoms with Crippen LogP contribution in [0, 0.1) is 0 Å². The van der Waals surface area contributed by atoms with Gasteiger partial charge in [0.15, 0.2) is 0 Å². The molecule has 9 heteroatoms. The fraction of sp³-hybridized carbons (Fsp3) is 0.391. The Morgan fingerprint density at radius 2 is 1.97 bits per heavy atom. The molecule has 0 aliphatic carbocycles. The maximum Gasteiger partial charge on any atom is 0.145 e. The third-order valence-electron chi connectivity index (χ3n) is 5.40. The molecule has 5 rings (SSSR count). The van der Waals surface area contributed by atoms with Crippen LogP contribution in [0.4, 0.5) is 11.5 Å². The minimum atomic E-state index is 0.0439. The van der Waals surface area contributed by atoms with Crippen LogP contribution >= 0.6 is 11.6 Å². The lowest BCUT2D eigenvalue weighted by atomic mass is 10.1. The number of methoxy groups -OCH3 is 1. The number of ether oxygens (including phenoxy) is 5. The molecule has 0 radical (unpaired) electrons. The first-order chi connectivity index (χ1) is 15.7. The molecule has 2 fully saturated rings. The van der Waals surface area contributed by atoms with Crippen LogP contribution in [-0.4, -0.2) is 55.7 Å². The van der Waals surface area contributed by atoms with E-state index in [0.717, 1.165) is 24.8 Å². The van der Waals surface area contributed by atoms with Gasteiger partial charge in [-0.1, -0.05) is 11.6 Å². The molecule has 3 aromatic rings. The zero-order valence-corrected chi connectivity index (χ0v) is 18.4. The number of halogens is 1. The number of epoxide rings is 1. The number of nitrogens with zero attached hydrogens (tertiary/aromatic N) is 2. The zero-order chi connectivity index (χ0) is 21.9. The molecule has 1 aromatic heterocycles. The highest BCUT2D eigenvalue weighted by Crippen LogP contribution is 2.38. The van der Waals surface area contributed by atoms with Crippen molar-refractivity contribution in [2.75, 3.05) is 38.9 Å². The predicted molar refractivity (Wildman–Crippen MR) is 121 cm³/mol. The van der Waals surface area contributed by atoms with Crippen molar-refractivity contribution >= 4 is 34.0 Å². The van der Waals surface area contributed by atoms with E-state index in [0.29, 0.717) is 59.1 Å². The summed E-state index contributed by atoms with van der Waals surface area (Å²) in [5.41, 5.74) is 1.38. The molecule has 0 amide bonds. The number of hydrogen-bond donors (Lipinski definition) is 1. The molecule has 1 atom stereocenters. The molecule has 3 heterocycles. The third kappa shape index (κ3) is 4.82. The van der Waals surface area contributed by atoms with Gasteiger partial charge in [0.2, 0.25) is 0 Å². The molecular formula is C23H24ClN3O5. The van der Waals surface area contributed by atoms with Crippen molar-refractivity contribution in [2.24, 2.45) is 0 Å². The van der Waals surface area contributed by atoms with Gasteiger partial charge in [-0.15, -0.1) is 0 Å². The second kappa shape index (κ2) is 9.36. The van der Waals surface area contributed by atoms with Gasteiger partial charge in [0, 0.05) is 31.0 Å². The van der Waals surface area contributed by atoms with E-state index in [4.69, 9.17) is 35.3 Å². The molecule has 2 aromatic carbocycles. The fourth-order valence-electron chi connectivity index (χ4n) is 3.58. The van der Waals surface area contributed by atoms with Crippen LogP contribution in [0.3, 0.4) is 0 Å². The number of nitrogens with one attached hydrogen (secondary N) is 1. The Morgan fingerprint density at radius 3 is 2.75 bits per heavy atom. The van der Waals surface area contributed by atoms with E-state index in [9.17, 15) is 0 Å². The van der Waals surface area contributed by atoms with Crippen molar-refractivity contribution in [3.05, 3.63) is 41.7 Å². The topological polar surface area (TPSA) is 87.3 Å². The summed E-state index contributed by atoms with van der Waals surface area (Å²) in [5, 5.41) is 4.63. The Balaban J connectivity index is 1.53. The van der Waals surface area contributed by atoms with E-state index >= 15 is 0 Å². The van der Waals surface area contributed by atoms with Crippen LogP contribution in [0.25, 0.3) is 10.9 Å².